The molecule has 2 aromatic carbocycles. The minimum atomic E-state index is 0.554. The number of nitrogens with zero attached hydrogens (tertiary/aromatic N) is 2. The van der Waals surface area contributed by atoms with E-state index in [1.807, 2.05) is 49.4 Å². The topological polar surface area (TPSA) is 60.0 Å². The van der Waals surface area contributed by atoms with Gasteiger partial charge in [-0.25, -0.2) is 4.98 Å². The lowest BCUT2D eigenvalue weighted by Crippen LogP contribution is -1.96. The molecule has 1 heterocycles. The predicted molar refractivity (Wildman–Crippen MR) is 90.0 cm³/mol. The Hall–Kier alpha value is -2.53. The molecule has 0 fully saturated rings. The summed E-state index contributed by atoms with van der Waals surface area (Å²) >= 11 is 6.20. The zero-order valence-corrected chi connectivity index (χ0v) is 13.6. The molecule has 3 rings (SSSR count). The number of rotatable bonds is 5. The van der Waals surface area contributed by atoms with Crippen LogP contribution in [-0.4, -0.2) is 28.9 Å². The number of methoxy groups -OCH3 is 1. The van der Waals surface area contributed by atoms with E-state index in [4.69, 9.17) is 21.1 Å². The Labute approximate surface area is 139 Å². The second-order valence-electron chi connectivity index (χ2n) is 4.79. The van der Waals surface area contributed by atoms with Gasteiger partial charge in [0.25, 0.3) is 0 Å². The van der Waals surface area contributed by atoms with Gasteiger partial charge in [0.15, 0.2) is 23.1 Å². The Bertz CT molecular complexity index is 817. The lowest BCUT2D eigenvalue weighted by atomic mass is 10.2. The van der Waals surface area contributed by atoms with E-state index in [9.17, 15) is 0 Å². The molecular weight excluding hydrogens is 314 g/mol. The number of H-pyrrole nitrogens is 1. The molecular formula is C17H16ClN3O2. The summed E-state index contributed by atoms with van der Waals surface area (Å²) in [6, 6.07) is 13.1. The molecule has 0 aliphatic heterocycles. The summed E-state index contributed by atoms with van der Waals surface area (Å²) in [7, 11) is 1.61. The highest BCUT2D eigenvalue weighted by molar-refractivity contribution is 6.33. The third-order valence-electron chi connectivity index (χ3n) is 3.34. The van der Waals surface area contributed by atoms with Crippen molar-refractivity contribution in [1.29, 1.82) is 0 Å². The Morgan fingerprint density at radius 1 is 1.13 bits per heavy atom. The smallest absolute Gasteiger partial charge is 0.181 e. The van der Waals surface area contributed by atoms with E-state index in [1.54, 1.807) is 7.11 Å². The fourth-order valence-corrected chi connectivity index (χ4v) is 2.47. The van der Waals surface area contributed by atoms with Gasteiger partial charge in [-0.3, -0.25) is 5.10 Å². The zero-order chi connectivity index (χ0) is 16.2. The average Bonchev–Trinajstić information content (AvgIpc) is 3.05. The van der Waals surface area contributed by atoms with Gasteiger partial charge in [-0.15, -0.1) is 0 Å². The number of aromatic amines is 1. The predicted octanol–water partition coefficient (Wildman–Crippen LogP) is 4.20. The van der Waals surface area contributed by atoms with E-state index in [0.717, 1.165) is 11.1 Å². The van der Waals surface area contributed by atoms with Crippen LogP contribution in [-0.2, 0) is 0 Å². The monoisotopic (exact) mass is 329 g/mol. The summed E-state index contributed by atoms with van der Waals surface area (Å²) in [5, 5.41) is 7.82. The highest BCUT2D eigenvalue weighted by Crippen LogP contribution is 2.32. The number of hydrogen-bond acceptors (Lipinski definition) is 4. The van der Waals surface area contributed by atoms with Gasteiger partial charge in [-0.1, -0.05) is 23.7 Å². The van der Waals surface area contributed by atoms with Crippen molar-refractivity contribution >= 4 is 11.6 Å². The third kappa shape index (κ3) is 3.14. The second kappa shape index (κ2) is 6.71. The van der Waals surface area contributed by atoms with E-state index in [1.165, 1.54) is 0 Å². The van der Waals surface area contributed by atoms with Crippen molar-refractivity contribution in [1.82, 2.24) is 15.2 Å². The molecule has 3 aromatic rings. The molecule has 23 heavy (non-hydrogen) atoms. The van der Waals surface area contributed by atoms with Gasteiger partial charge in [0.2, 0.25) is 0 Å². The van der Waals surface area contributed by atoms with Gasteiger partial charge in [0.05, 0.1) is 18.7 Å². The molecule has 0 unspecified atom stereocenters. The summed E-state index contributed by atoms with van der Waals surface area (Å²) in [5.41, 5.74) is 1.65. The lowest BCUT2D eigenvalue weighted by Gasteiger charge is -2.09. The quantitative estimate of drug-likeness (QED) is 0.762. The average molecular weight is 330 g/mol. The summed E-state index contributed by atoms with van der Waals surface area (Å²) in [5.74, 6) is 2.54. The fraction of sp³-hybridized carbons (Fsp3) is 0.176. The Kier molecular flexibility index (Phi) is 4.48. The maximum atomic E-state index is 6.20. The molecule has 0 spiro atoms. The van der Waals surface area contributed by atoms with Crippen LogP contribution in [0.3, 0.4) is 0 Å². The van der Waals surface area contributed by atoms with E-state index < -0.39 is 0 Å². The molecule has 0 radical (unpaired) electrons. The second-order valence-corrected chi connectivity index (χ2v) is 5.19. The van der Waals surface area contributed by atoms with E-state index in [2.05, 4.69) is 15.2 Å². The SMILES string of the molecule is CCOc1cc(-c2n[nH]c(-c3ccccc3Cl)n2)ccc1OC. The molecule has 0 bridgehead atoms. The zero-order valence-electron chi connectivity index (χ0n) is 12.8. The highest BCUT2D eigenvalue weighted by Gasteiger charge is 2.13. The van der Waals surface area contributed by atoms with Gasteiger partial charge in [-0.05, 0) is 37.3 Å². The van der Waals surface area contributed by atoms with Crippen LogP contribution in [0.2, 0.25) is 5.02 Å². The first kappa shape index (κ1) is 15.4. The van der Waals surface area contributed by atoms with Crippen molar-refractivity contribution in [2.75, 3.05) is 13.7 Å². The standard InChI is InChI=1S/C17H16ClN3O2/c1-3-23-15-10-11(8-9-14(15)22-2)16-19-17(21-20-16)12-6-4-5-7-13(12)18/h4-10H,3H2,1-2H3,(H,19,20,21). The molecule has 1 N–H and O–H groups in total. The van der Waals surface area contributed by atoms with Crippen molar-refractivity contribution in [2.24, 2.45) is 0 Å². The molecule has 1 aromatic heterocycles. The van der Waals surface area contributed by atoms with Gasteiger partial charge in [-0.2, -0.15) is 5.10 Å². The molecule has 0 atom stereocenters. The number of ether oxygens (including phenoxy) is 2. The van der Waals surface area contributed by atoms with Crippen LogP contribution in [0, 0.1) is 0 Å². The van der Waals surface area contributed by atoms with Crippen LogP contribution in [0.25, 0.3) is 22.8 Å². The number of halogens is 1. The molecule has 118 valence electrons. The normalized spacial score (nSPS) is 10.6. The summed E-state index contributed by atoms with van der Waals surface area (Å²) in [6.07, 6.45) is 0. The van der Waals surface area contributed by atoms with Crippen LogP contribution < -0.4 is 9.47 Å². The minimum Gasteiger partial charge on any atom is -0.493 e. The number of hydrogen-bond donors (Lipinski definition) is 1. The molecule has 6 heteroatoms. The molecule has 0 saturated carbocycles. The molecule has 0 saturated heterocycles. The van der Waals surface area contributed by atoms with Gasteiger partial charge < -0.3 is 9.47 Å². The van der Waals surface area contributed by atoms with Crippen LogP contribution in [0.1, 0.15) is 6.92 Å². The van der Waals surface area contributed by atoms with Crippen molar-refractivity contribution in [3.63, 3.8) is 0 Å². The van der Waals surface area contributed by atoms with Crippen LogP contribution in [0.5, 0.6) is 11.5 Å². The lowest BCUT2D eigenvalue weighted by molar-refractivity contribution is 0.311. The summed E-state index contributed by atoms with van der Waals surface area (Å²) in [6.45, 7) is 2.48. The van der Waals surface area contributed by atoms with Crippen molar-refractivity contribution in [2.45, 2.75) is 6.92 Å². The van der Waals surface area contributed by atoms with E-state index in [0.29, 0.717) is 34.8 Å². The molecule has 0 aliphatic carbocycles. The summed E-state index contributed by atoms with van der Waals surface area (Å²) < 4.78 is 10.9. The Balaban J connectivity index is 1.97. The third-order valence-corrected chi connectivity index (χ3v) is 3.67. The van der Waals surface area contributed by atoms with Crippen molar-refractivity contribution < 1.29 is 9.47 Å². The van der Waals surface area contributed by atoms with Crippen LogP contribution >= 0.6 is 11.6 Å². The van der Waals surface area contributed by atoms with Crippen LogP contribution in [0.15, 0.2) is 42.5 Å². The van der Waals surface area contributed by atoms with Gasteiger partial charge in [0.1, 0.15) is 0 Å². The molecule has 5 nitrogen and oxygen atoms in total. The van der Waals surface area contributed by atoms with Gasteiger partial charge in [0, 0.05) is 11.1 Å². The van der Waals surface area contributed by atoms with Crippen molar-refractivity contribution in [3.05, 3.63) is 47.5 Å². The highest BCUT2D eigenvalue weighted by atomic mass is 35.5. The minimum absolute atomic E-state index is 0.554. The van der Waals surface area contributed by atoms with Crippen LogP contribution in [0.4, 0.5) is 0 Å². The van der Waals surface area contributed by atoms with Gasteiger partial charge >= 0.3 is 0 Å². The van der Waals surface area contributed by atoms with Crippen molar-refractivity contribution in [3.8, 4) is 34.3 Å². The summed E-state index contributed by atoms with van der Waals surface area (Å²) in [4.78, 5) is 4.52. The first-order chi connectivity index (χ1) is 11.2. The molecule has 0 amide bonds. The Morgan fingerprint density at radius 2 is 1.96 bits per heavy atom. The molecule has 0 aliphatic rings. The fourth-order valence-electron chi connectivity index (χ4n) is 2.25. The number of aromatic nitrogens is 3. The largest absolute Gasteiger partial charge is 0.493 e. The first-order valence-corrected chi connectivity index (χ1v) is 7.59. The van der Waals surface area contributed by atoms with E-state index in [-0.39, 0.29) is 0 Å². The number of benzene rings is 2. The Morgan fingerprint density at radius 3 is 2.70 bits per heavy atom. The van der Waals surface area contributed by atoms with E-state index >= 15 is 0 Å². The maximum Gasteiger partial charge on any atom is 0.181 e. The maximum absolute atomic E-state index is 6.20. The number of nitrogens with one attached hydrogen (secondary N) is 1. The first-order valence-electron chi connectivity index (χ1n) is 7.21.